The van der Waals surface area contributed by atoms with Crippen molar-refractivity contribution in [3.05, 3.63) is 84.1 Å². The number of ether oxygens (including phenoxy) is 2. The number of fused-ring (bicyclic) bond motifs is 1. The van der Waals surface area contributed by atoms with Crippen LogP contribution in [0.4, 0.5) is 5.69 Å². The van der Waals surface area contributed by atoms with E-state index in [4.69, 9.17) is 14.0 Å². The molecule has 0 saturated carbocycles. The fraction of sp³-hybridized carbons (Fsp3) is 0.120. The van der Waals surface area contributed by atoms with Gasteiger partial charge in [-0.05, 0) is 43.3 Å². The second-order valence-electron chi connectivity index (χ2n) is 7.02. The average Bonchev–Trinajstić information content (AvgIpc) is 3.22. The Morgan fingerprint density at radius 3 is 2.68 bits per heavy atom. The van der Waals surface area contributed by atoms with Crippen LogP contribution in [0.2, 0.25) is 0 Å². The SMILES string of the molecule is COc1ccc(OC)c(N/C=C/C(=O)c2ccc3noc(-c4cccc(C)c4)c3c2)c1. The summed E-state index contributed by atoms with van der Waals surface area (Å²) in [5, 5.41) is 8.00. The highest BCUT2D eigenvalue weighted by Gasteiger charge is 2.13. The number of allylic oxidation sites excluding steroid dienone is 1. The average molecular weight is 414 g/mol. The van der Waals surface area contributed by atoms with Crippen molar-refractivity contribution in [2.45, 2.75) is 6.92 Å². The molecule has 1 aromatic heterocycles. The third-order valence-electron chi connectivity index (χ3n) is 4.92. The van der Waals surface area contributed by atoms with E-state index < -0.39 is 0 Å². The quantitative estimate of drug-likeness (QED) is 0.312. The van der Waals surface area contributed by atoms with Gasteiger partial charge in [0.2, 0.25) is 0 Å². The van der Waals surface area contributed by atoms with Gasteiger partial charge in [0, 0.05) is 29.5 Å². The standard InChI is InChI=1S/C25H22N2O4/c1-16-5-4-6-18(13-16)25-20-14-17(7-9-21(20)27-31-25)23(28)11-12-26-22-15-19(29-2)8-10-24(22)30-3/h4-15,26H,1-3H3/b12-11+. The second kappa shape index (κ2) is 8.75. The van der Waals surface area contributed by atoms with E-state index in [1.54, 1.807) is 50.8 Å². The number of ketones is 1. The number of carbonyl (C=O) groups is 1. The number of rotatable bonds is 7. The minimum atomic E-state index is -0.146. The highest BCUT2D eigenvalue weighted by atomic mass is 16.5. The Bertz CT molecular complexity index is 1270. The lowest BCUT2D eigenvalue weighted by Crippen LogP contribution is -1.98. The zero-order chi connectivity index (χ0) is 21.8. The van der Waals surface area contributed by atoms with Crippen molar-refractivity contribution in [3.8, 4) is 22.8 Å². The van der Waals surface area contributed by atoms with E-state index in [1.807, 2.05) is 37.3 Å². The molecule has 1 N–H and O–H groups in total. The van der Waals surface area contributed by atoms with E-state index in [1.165, 1.54) is 6.08 Å². The smallest absolute Gasteiger partial charge is 0.187 e. The third-order valence-corrected chi connectivity index (χ3v) is 4.92. The minimum absolute atomic E-state index is 0.146. The molecular formula is C25H22N2O4. The van der Waals surface area contributed by atoms with Crippen LogP contribution < -0.4 is 14.8 Å². The summed E-state index contributed by atoms with van der Waals surface area (Å²) in [7, 11) is 3.18. The Balaban J connectivity index is 1.58. The monoisotopic (exact) mass is 414 g/mol. The third kappa shape index (κ3) is 4.28. The van der Waals surface area contributed by atoms with Gasteiger partial charge in [-0.3, -0.25) is 4.79 Å². The summed E-state index contributed by atoms with van der Waals surface area (Å²) in [5.41, 5.74) is 3.99. The normalized spacial score (nSPS) is 11.1. The zero-order valence-electron chi connectivity index (χ0n) is 17.5. The molecule has 0 radical (unpaired) electrons. The summed E-state index contributed by atoms with van der Waals surface area (Å²) in [5.74, 6) is 1.83. The molecule has 4 rings (SSSR count). The van der Waals surface area contributed by atoms with Crippen molar-refractivity contribution in [3.63, 3.8) is 0 Å². The molecular weight excluding hydrogens is 392 g/mol. The van der Waals surface area contributed by atoms with E-state index in [-0.39, 0.29) is 5.78 Å². The predicted molar refractivity (Wildman–Crippen MR) is 121 cm³/mol. The number of anilines is 1. The van der Waals surface area contributed by atoms with Gasteiger partial charge in [-0.25, -0.2) is 0 Å². The number of aromatic nitrogens is 1. The molecule has 6 nitrogen and oxygen atoms in total. The largest absolute Gasteiger partial charge is 0.497 e. The maximum Gasteiger partial charge on any atom is 0.187 e. The van der Waals surface area contributed by atoms with Crippen LogP contribution >= 0.6 is 0 Å². The van der Waals surface area contributed by atoms with E-state index in [2.05, 4.69) is 10.5 Å². The summed E-state index contributed by atoms with van der Waals surface area (Å²) >= 11 is 0. The van der Waals surface area contributed by atoms with Crippen LogP contribution in [-0.4, -0.2) is 25.2 Å². The van der Waals surface area contributed by atoms with E-state index in [0.29, 0.717) is 34.0 Å². The van der Waals surface area contributed by atoms with Gasteiger partial charge in [0.05, 0.1) is 25.3 Å². The second-order valence-corrected chi connectivity index (χ2v) is 7.02. The molecule has 3 aromatic carbocycles. The first-order valence-electron chi connectivity index (χ1n) is 9.75. The molecule has 0 spiro atoms. The fourth-order valence-corrected chi connectivity index (χ4v) is 3.32. The lowest BCUT2D eigenvalue weighted by molar-refractivity contribution is 0.104. The van der Waals surface area contributed by atoms with Crippen LogP contribution in [0.5, 0.6) is 11.5 Å². The molecule has 4 aromatic rings. The summed E-state index contributed by atoms with van der Waals surface area (Å²) < 4.78 is 16.1. The van der Waals surface area contributed by atoms with E-state index >= 15 is 0 Å². The van der Waals surface area contributed by atoms with Gasteiger partial charge >= 0.3 is 0 Å². The van der Waals surface area contributed by atoms with Crippen molar-refractivity contribution in [2.24, 2.45) is 0 Å². The molecule has 0 aliphatic heterocycles. The fourth-order valence-electron chi connectivity index (χ4n) is 3.32. The Kier molecular flexibility index (Phi) is 5.71. The van der Waals surface area contributed by atoms with Crippen LogP contribution in [0.3, 0.4) is 0 Å². The molecule has 0 saturated heterocycles. The number of carbonyl (C=O) groups excluding carboxylic acids is 1. The molecule has 0 fully saturated rings. The molecule has 0 aliphatic carbocycles. The molecule has 1 heterocycles. The number of nitrogens with zero attached hydrogens (tertiary/aromatic N) is 1. The molecule has 0 bridgehead atoms. The molecule has 0 amide bonds. The Labute approximate surface area is 180 Å². The first kappa shape index (κ1) is 20.2. The van der Waals surface area contributed by atoms with Gasteiger partial charge in [-0.1, -0.05) is 28.9 Å². The maximum atomic E-state index is 12.7. The Hall–Kier alpha value is -4.06. The van der Waals surface area contributed by atoms with Gasteiger partial charge in [-0.15, -0.1) is 0 Å². The first-order chi connectivity index (χ1) is 15.1. The molecule has 0 aliphatic rings. The molecule has 6 heteroatoms. The van der Waals surface area contributed by atoms with Gasteiger partial charge < -0.3 is 19.3 Å². The van der Waals surface area contributed by atoms with Gasteiger partial charge in [0.15, 0.2) is 11.5 Å². The van der Waals surface area contributed by atoms with Crippen molar-refractivity contribution < 1.29 is 18.8 Å². The van der Waals surface area contributed by atoms with E-state index in [9.17, 15) is 4.79 Å². The topological polar surface area (TPSA) is 73.6 Å². The maximum absolute atomic E-state index is 12.7. The van der Waals surface area contributed by atoms with Crippen LogP contribution in [0.25, 0.3) is 22.2 Å². The lowest BCUT2D eigenvalue weighted by atomic mass is 10.0. The summed E-state index contributed by atoms with van der Waals surface area (Å²) in [4.78, 5) is 12.7. The number of methoxy groups -OCH3 is 2. The van der Waals surface area contributed by atoms with Gasteiger partial charge in [0.1, 0.15) is 17.0 Å². The summed E-state index contributed by atoms with van der Waals surface area (Å²) in [6, 6.07) is 18.7. The summed E-state index contributed by atoms with van der Waals surface area (Å²) in [6.07, 6.45) is 3.05. The number of aryl methyl sites for hydroxylation is 1. The molecule has 156 valence electrons. The van der Waals surface area contributed by atoms with Gasteiger partial charge in [-0.2, -0.15) is 0 Å². The number of hydrogen-bond donors (Lipinski definition) is 1. The van der Waals surface area contributed by atoms with Crippen molar-refractivity contribution in [1.29, 1.82) is 0 Å². The highest BCUT2D eigenvalue weighted by molar-refractivity contribution is 6.07. The van der Waals surface area contributed by atoms with Crippen LogP contribution in [0, 0.1) is 6.92 Å². The van der Waals surface area contributed by atoms with Crippen molar-refractivity contribution in [1.82, 2.24) is 5.16 Å². The first-order valence-corrected chi connectivity index (χ1v) is 9.75. The zero-order valence-corrected chi connectivity index (χ0v) is 17.5. The summed E-state index contributed by atoms with van der Waals surface area (Å²) in [6.45, 7) is 2.02. The predicted octanol–water partition coefficient (Wildman–Crippen LogP) is 5.63. The Morgan fingerprint density at radius 2 is 1.90 bits per heavy atom. The van der Waals surface area contributed by atoms with Crippen LogP contribution in [0.1, 0.15) is 15.9 Å². The highest BCUT2D eigenvalue weighted by Crippen LogP contribution is 2.31. The van der Waals surface area contributed by atoms with Crippen molar-refractivity contribution >= 4 is 22.4 Å². The minimum Gasteiger partial charge on any atom is -0.497 e. The van der Waals surface area contributed by atoms with Crippen LogP contribution in [0.15, 0.2) is 77.5 Å². The van der Waals surface area contributed by atoms with E-state index in [0.717, 1.165) is 16.5 Å². The molecule has 0 unspecified atom stereocenters. The Morgan fingerprint density at radius 1 is 1.03 bits per heavy atom. The van der Waals surface area contributed by atoms with Gasteiger partial charge in [0.25, 0.3) is 0 Å². The molecule has 0 atom stereocenters. The lowest BCUT2D eigenvalue weighted by Gasteiger charge is -2.09. The number of nitrogens with one attached hydrogen (secondary N) is 1. The number of hydrogen-bond acceptors (Lipinski definition) is 6. The number of benzene rings is 3. The van der Waals surface area contributed by atoms with Crippen molar-refractivity contribution in [2.75, 3.05) is 19.5 Å². The molecule has 31 heavy (non-hydrogen) atoms. The van der Waals surface area contributed by atoms with Crippen LogP contribution in [-0.2, 0) is 0 Å².